The summed E-state index contributed by atoms with van der Waals surface area (Å²) in [5.41, 5.74) is 3.36. The Morgan fingerprint density at radius 2 is 1.56 bits per heavy atom. The second kappa shape index (κ2) is 6.34. The highest BCUT2D eigenvalue weighted by molar-refractivity contribution is 5.70. The zero-order valence-electron chi connectivity index (χ0n) is 13.0. The van der Waals surface area contributed by atoms with Crippen molar-refractivity contribution in [2.45, 2.75) is 0 Å². The summed E-state index contributed by atoms with van der Waals surface area (Å²) >= 11 is 0. The molecule has 0 radical (unpaired) electrons. The van der Waals surface area contributed by atoms with Crippen LogP contribution in [0.1, 0.15) is 5.56 Å². The van der Waals surface area contributed by atoms with E-state index in [0.29, 0.717) is 28.5 Å². The third kappa shape index (κ3) is 2.99. The van der Waals surface area contributed by atoms with Gasteiger partial charge in [-0.2, -0.15) is 10.2 Å². The number of aromatic nitrogens is 4. The van der Waals surface area contributed by atoms with Gasteiger partial charge in [-0.1, -0.05) is 17.3 Å². The highest BCUT2D eigenvalue weighted by Crippen LogP contribution is 2.27. The average molecular weight is 325 g/mol. The molecular weight excluding hydrogens is 314 g/mol. The average Bonchev–Trinajstić information content (AvgIpc) is 3.19. The van der Waals surface area contributed by atoms with Gasteiger partial charge in [0.25, 0.3) is 5.89 Å². The van der Waals surface area contributed by atoms with Crippen LogP contribution in [0, 0.1) is 11.3 Å². The molecule has 3 heterocycles. The predicted octanol–water partition coefficient (Wildman–Crippen LogP) is 3.73. The van der Waals surface area contributed by atoms with E-state index in [1.807, 2.05) is 36.4 Å². The van der Waals surface area contributed by atoms with Gasteiger partial charge in [0.05, 0.1) is 17.3 Å². The fourth-order valence-corrected chi connectivity index (χ4v) is 2.44. The molecule has 4 rings (SSSR count). The second-order valence-electron chi connectivity index (χ2n) is 5.26. The molecule has 0 N–H and O–H groups in total. The minimum Gasteiger partial charge on any atom is -0.334 e. The Hall–Kier alpha value is -3.85. The standard InChI is InChI=1S/C19H11N5O/c20-12-13-9-14(16-5-1-3-7-21-16)11-15(10-13)19-23-18(24-25-19)17-6-2-4-8-22-17/h1-11H. The molecule has 6 nitrogen and oxygen atoms in total. The first kappa shape index (κ1) is 14.7. The maximum absolute atomic E-state index is 9.32. The van der Waals surface area contributed by atoms with Gasteiger partial charge in [-0.15, -0.1) is 0 Å². The minimum absolute atomic E-state index is 0.329. The molecule has 0 saturated carbocycles. The van der Waals surface area contributed by atoms with E-state index in [9.17, 15) is 5.26 Å². The molecule has 4 aromatic rings. The second-order valence-corrected chi connectivity index (χ2v) is 5.26. The first-order valence-corrected chi connectivity index (χ1v) is 7.55. The number of hydrogen-bond donors (Lipinski definition) is 0. The SMILES string of the molecule is N#Cc1cc(-c2ccccn2)cc(-c2nc(-c3ccccn3)no2)c1. The normalized spacial score (nSPS) is 10.4. The monoisotopic (exact) mass is 325 g/mol. The molecule has 118 valence electrons. The lowest BCUT2D eigenvalue weighted by Crippen LogP contribution is -1.88. The van der Waals surface area contributed by atoms with Crippen LogP contribution in [0.4, 0.5) is 0 Å². The molecule has 0 aliphatic rings. The van der Waals surface area contributed by atoms with Crippen LogP contribution in [0.25, 0.3) is 34.2 Å². The van der Waals surface area contributed by atoms with Gasteiger partial charge in [0.2, 0.25) is 5.82 Å². The maximum Gasteiger partial charge on any atom is 0.258 e. The lowest BCUT2D eigenvalue weighted by Gasteiger charge is -2.03. The highest BCUT2D eigenvalue weighted by Gasteiger charge is 2.14. The van der Waals surface area contributed by atoms with Crippen molar-refractivity contribution < 1.29 is 4.52 Å². The van der Waals surface area contributed by atoms with Crippen molar-refractivity contribution in [3.63, 3.8) is 0 Å². The summed E-state index contributed by atoms with van der Waals surface area (Å²) in [6.07, 6.45) is 3.38. The number of hydrogen-bond acceptors (Lipinski definition) is 6. The fourth-order valence-electron chi connectivity index (χ4n) is 2.44. The molecule has 3 aromatic heterocycles. The summed E-state index contributed by atoms with van der Waals surface area (Å²) in [4.78, 5) is 12.9. The van der Waals surface area contributed by atoms with Gasteiger partial charge >= 0.3 is 0 Å². The van der Waals surface area contributed by atoms with Gasteiger partial charge in [-0.25, -0.2) is 0 Å². The number of benzene rings is 1. The zero-order chi connectivity index (χ0) is 17.1. The summed E-state index contributed by atoms with van der Waals surface area (Å²) in [6.45, 7) is 0. The topological polar surface area (TPSA) is 88.5 Å². The van der Waals surface area contributed by atoms with E-state index < -0.39 is 0 Å². The molecule has 0 fully saturated rings. The quantitative estimate of drug-likeness (QED) is 0.570. The van der Waals surface area contributed by atoms with Crippen LogP contribution in [0.3, 0.4) is 0 Å². The Balaban J connectivity index is 1.79. The van der Waals surface area contributed by atoms with E-state index in [-0.39, 0.29) is 0 Å². The molecule has 0 atom stereocenters. The first-order chi connectivity index (χ1) is 12.3. The molecule has 1 aromatic carbocycles. The molecular formula is C19H11N5O. The summed E-state index contributed by atoms with van der Waals surface area (Å²) in [5.74, 6) is 0.729. The van der Waals surface area contributed by atoms with Crippen LogP contribution >= 0.6 is 0 Å². The lowest BCUT2D eigenvalue weighted by molar-refractivity contribution is 0.432. The molecule has 0 bridgehead atoms. The third-order valence-electron chi connectivity index (χ3n) is 3.59. The molecule has 0 amide bonds. The molecule has 25 heavy (non-hydrogen) atoms. The van der Waals surface area contributed by atoms with Crippen LogP contribution in [0.2, 0.25) is 0 Å². The Labute approximate surface area is 143 Å². The molecule has 6 heteroatoms. The third-order valence-corrected chi connectivity index (χ3v) is 3.59. The predicted molar refractivity (Wildman–Crippen MR) is 90.9 cm³/mol. The summed E-state index contributed by atoms with van der Waals surface area (Å²) in [5, 5.41) is 13.3. The molecule has 0 aliphatic heterocycles. The van der Waals surface area contributed by atoms with Gasteiger partial charge in [0.15, 0.2) is 0 Å². The van der Waals surface area contributed by atoms with Gasteiger partial charge in [-0.3, -0.25) is 9.97 Å². The van der Waals surface area contributed by atoms with Gasteiger partial charge in [0, 0.05) is 23.5 Å². The number of nitrogens with zero attached hydrogens (tertiary/aromatic N) is 5. The zero-order valence-corrected chi connectivity index (χ0v) is 13.0. The van der Waals surface area contributed by atoms with Crippen LogP contribution in [0.5, 0.6) is 0 Å². The smallest absolute Gasteiger partial charge is 0.258 e. The Morgan fingerprint density at radius 3 is 2.24 bits per heavy atom. The summed E-state index contributed by atoms with van der Waals surface area (Å²) in [7, 11) is 0. The van der Waals surface area contributed by atoms with Crippen LogP contribution in [-0.2, 0) is 0 Å². The van der Waals surface area contributed by atoms with Crippen molar-refractivity contribution in [3.05, 3.63) is 72.6 Å². The van der Waals surface area contributed by atoms with Crippen molar-refractivity contribution in [1.82, 2.24) is 20.1 Å². The maximum atomic E-state index is 9.32. The van der Waals surface area contributed by atoms with Gasteiger partial charge in [0.1, 0.15) is 5.69 Å². The van der Waals surface area contributed by atoms with Crippen LogP contribution in [-0.4, -0.2) is 20.1 Å². The van der Waals surface area contributed by atoms with E-state index in [4.69, 9.17) is 4.52 Å². The Morgan fingerprint density at radius 1 is 0.840 bits per heavy atom. The van der Waals surface area contributed by atoms with Gasteiger partial charge in [-0.05, 0) is 42.5 Å². The molecule has 0 unspecified atom stereocenters. The molecule has 0 aliphatic carbocycles. The first-order valence-electron chi connectivity index (χ1n) is 7.55. The largest absolute Gasteiger partial charge is 0.334 e. The molecule has 0 saturated heterocycles. The van der Waals surface area contributed by atoms with Crippen molar-refractivity contribution in [2.24, 2.45) is 0 Å². The van der Waals surface area contributed by atoms with Gasteiger partial charge < -0.3 is 4.52 Å². The van der Waals surface area contributed by atoms with Crippen molar-refractivity contribution in [2.75, 3.05) is 0 Å². The number of rotatable bonds is 3. The van der Waals surface area contributed by atoms with Crippen LogP contribution < -0.4 is 0 Å². The number of nitriles is 1. The Bertz CT molecular complexity index is 1050. The van der Waals surface area contributed by atoms with E-state index in [2.05, 4.69) is 26.2 Å². The minimum atomic E-state index is 0.329. The van der Waals surface area contributed by atoms with E-state index in [0.717, 1.165) is 11.3 Å². The lowest BCUT2D eigenvalue weighted by atomic mass is 10.0. The van der Waals surface area contributed by atoms with Crippen LogP contribution in [0.15, 0.2) is 71.5 Å². The summed E-state index contributed by atoms with van der Waals surface area (Å²) < 4.78 is 5.36. The Kier molecular flexibility index (Phi) is 3.73. The summed E-state index contributed by atoms with van der Waals surface area (Å²) in [6, 6.07) is 18.6. The van der Waals surface area contributed by atoms with E-state index >= 15 is 0 Å². The van der Waals surface area contributed by atoms with Crippen molar-refractivity contribution in [1.29, 1.82) is 5.26 Å². The van der Waals surface area contributed by atoms with Crippen molar-refractivity contribution >= 4 is 0 Å². The van der Waals surface area contributed by atoms with Crippen molar-refractivity contribution in [3.8, 4) is 40.3 Å². The molecule has 0 spiro atoms. The highest BCUT2D eigenvalue weighted by atomic mass is 16.5. The van der Waals surface area contributed by atoms with E-state index in [1.165, 1.54) is 0 Å². The number of pyridine rings is 2. The fraction of sp³-hybridized carbons (Fsp3) is 0. The van der Waals surface area contributed by atoms with E-state index in [1.54, 1.807) is 30.6 Å².